The number of aromatic nitrogens is 1. The topological polar surface area (TPSA) is 96.0 Å². The van der Waals surface area contributed by atoms with Crippen molar-refractivity contribution < 1.29 is 14.7 Å². The number of azo groups is 1. The van der Waals surface area contributed by atoms with Crippen molar-refractivity contribution in [3.05, 3.63) is 57.5 Å². The lowest BCUT2D eigenvalue weighted by molar-refractivity contribution is -0.118. The quantitative estimate of drug-likeness (QED) is 0.295. The van der Waals surface area contributed by atoms with E-state index in [1.54, 1.807) is 35.9 Å². The monoisotopic (exact) mass is 504 g/mol. The van der Waals surface area contributed by atoms with E-state index >= 15 is 0 Å². The van der Waals surface area contributed by atoms with Gasteiger partial charge in [-0.15, -0.1) is 10.2 Å². The van der Waals surface area contributed by atoms with Crippen LogP contribution in [0.5, 0.6) is 5.88 Å². The third-order valence-electron chi connectivity index (χ3n) is 4.84. The minimum atomic E-state index is -0.355. The second-order valence-corrected chi connectivity index (χ2v) is 8.36. The highest BCUT2D eigenvalue weighted by atomic mass is 79.9. The SMILES string of the molecule is Cn1c(O)c(N=NC(=O)CCCCCNC(=O)c2ccccc2Cl)c2cc(Br)ccc21. The fourth-order valence-electron chi connectivity index (χ4n) is 3.16. The van der Waals surface area contributed by atoms with Crippen molar-refractivity contribution in [2.75, 3.05) is 6.54 Å². The average molecular weight is 506 g/mol. The van der Waals surface area contributed by atoms with E-state index in [2.05, 4.69) is 31.5 Å². The van der Waals surface area contributed by atoms with Gasteiger partial charge in [0, 0.05) is 29.9 Å². The van der Waals surface area contributed by atoms with Crippen molar-refractivity contribution in [2.45, 2.75) is 25.7 Å². The molecule has 0 spiro atoms. The first-order valence-electron chi connectivity index (χ1n) is 9.82. The van der Waals surface area contributed by atoms with Crippen LogP contribution in [0.2, 0.25) is 5.02 Å². The van der Waals surface area contributed by atoms with Gasteiger partial charge >= 0.3 is 0 Å². The number of halogens is 2. The molecule has 0 aliphatic heterocycles. The zero-order valence-electron chi connectivity index (χ0n) is 16.9. The molecule has 2 aromatic carbocycles. The molecule has 2 amide bonds. The van der Waals surface area contributed by atoms with Crippen LogP contribution in [0.15, 0.2) is 57.2 Å². The molecule has 0 unspecified atom stereocenters. The Morgan fingerprint density at radius 3 is 2.71 bits per heavy atom. The van der Waals surface area contributed by atoms with Crippen LogP contribution in [-0.2, 0) is 11.8 Å². The molecule has 0 bridgehead atoms. The first-order valence-corrected chi connectivity index (χ1v) is 11.0. The number of fused-ring (bicyclic) bond motifs is 1. The number of aryl methyl sites for hydroxylation is 1. The van der Waals surface area contributed by atoms with Crippen LogP contribution in [0.3, 0.4) is 0 Å². The number of aromatic hydroxyl groups is 1. The Labute approximate surface area is 193 Å². The van der Waals surface area contributed by atoms with E-state index in [0.29, 0.717) is 28.9 Å². The Bertz CT molecular complexity index is 1140. The summed E-state index contributed by atoms with van der Waals surface area (Å²) in [5.41, 5.74) is 1.51. The Kier molecular flexibility index (Phi) is 7.81. The number of carbonyl (C=O) groups is 2. The van der Waals surface area contributed by atoms with Gasteiger partial charge in [-0.1, -0.05) is 46.1 Å². The van der Waals surface area contributed by atoms with E-state index in [1.165, 1.54) is 0 Å². The fourth-order valence-corrected chi connectivity index (χ4v) is 3.74. The van der Waals surface area contributed by atoms with Crippen molar-refractivity contribution in [3.63, 3.8) is 0 Å². The normalized spacial score (nSPS) is 11.3. The molecule has 2 N–H and O–H groups in total. The minimum Gasteiger partial charge on any atom is -0.493 e. The molecule has 0 saturated carbocycles. The highest BCUT2D eigenvalue weighted by Gasteiger charge is 2.15. The third kappa shape index (κ3) is 5.71. The summed E-state index contributed by atoms with van der Waals surface area (Å²) in [4.78, 5) is 24.1. The minimum absolute atomic E-state index is 0.0427. The van der Waals surface area contributed by atoms with Crippen molar-refractivity contribution in [2.24, 2.45) is 17.3 Å². The molecule has 3 aromatic rings. The van der Waals surface area contributed by atoms with Crippen LogP contribution < -0.4 is 5.32 Å². The average Bonchev–Trinajstić information content (AvgIpc) is 2.98. The van der Waals surface area contributed by atoms with Crippen LogP contribution in [0.25, 0.3) is 10.9 Å². The molecule has 3 rings (SSSR count). The molecule has 0 radical (unpaired) electrons. The molecule has 9 heteroatoms. The zero-order valence-corrected chi connectivity index (χ0v) is 19.3. The summed E-state index contributed by atoms with van der Waals surface area (Å²) in [5.74, 6) is -0.609. The lowest BCUT2D eigenvalue weighted by Gasteiger charge is -2.06. The first kappa shape index (κ1) is 23.0. The van der Waals surface area contributed by atoms with Gasteiger partial charge in [0.1, 0.15) is 0 Å². The zero-order chi connectivity index (χ0) is 22.4. The molecule has 0 saturated heterocycles. The van der Waals surface area contributed by atoms with E-state index in [1.807, 2.05) is 18.2 Å². The lowest BCUT2D eigenvalue weighted by Crippen LogP contribution is -2.24. The Balaban J connectivity index is 1.44. The van der Waals surface area contributed by atoms with Crippen molar-refractivity contribution in [1.29, 1.82) is 0 Å². The van der Waals surface area contributed by atoms with Crippen molar-refractivity contribution in [1.82, 2.24) is 9.88 Å². The Morgan fingerprint density at radius 1 is 1.16 bits per heavy atom. The van der Waals surface area contributed by atoms with Gasteiger partial charge in [0.2, 0.25) is 5.88 Å². The van der Waals surface area contributed by atoms with Crippen LogP contribution >= 0.6 is 27.5 Å². The number of hydrogen-bond donors (Lipinski definition) is 2. The lowest BCUT2D eigenvalue weighted by atomic mass is 10.1. The summed E-state index contributed by atoms with van der Waals surface area (Å²) in [6.07, 6.45) is 2.37. The molecule has 0 atom stereocenters. The van der Waals surface area contributed by atoms with Gasteiger partial charge in [-0.3, -0.25) is 9.59 Å². The van der Waals surface area contributed by atoms with Gasteiger partial charge in [0.05, 0.1) is 16.1 Å². The number of nitrogens with zero attached hydrogens (tertiary/aromatic N) is 3. The highest BCUT2D eigenvalue weighted by molar-refractivity contribution is 9.10. The maximum absolute atomic E-state index is 12.1. The number of nitrogens with one attached hydrogen (secondary N) is 1. The Hall–Kier alpha value is -2.71. The molecule has 31 heavy (non-hydrogen) atoms. The molecule has 0 fully saturated rings. The smallest absolute Gasteiger partial charge is 0.264 e. The predicted molar refractivity (Wildman–Crippen MR) is 124 cm³/mol. The standard InChI is InChI=1S/C22H22BrClN4O3/c1-28-18-11-10-14(23)13-16(18)20(22(28)31)27-26-19(29)9-3-2-6-12-25-21(30)15-7-4-5-8-17(15)24/h4-5,7-8,10-11,13,31H,2-3,6,9,12H2,1H3,(H,25,30). The van der Waals surface area contributed by atoms with Gasteiger partial charge in [-0.25, -0.2) is 0 Å². The largest absolute Gasteiger partial charge is 0.493 e. The maximum atomic E-state index is 12.1. The van der Waals surface area contributed by atoms with Crippen molar-refractivity contribution >= 4 is 55.9 Å². The van der Waals surface area contributed by atoms with Crippen LogP contribution in [-0.4, -0.2) is 28.0 Å². The molecular weight excluding hydrogens is 484 g/mol. The number of unbranched alkanes of at least 4 members (excludes halogenated alkanes) is 2. The number of amides is 2. The van der Waals surface area contributed by atoms with Gasteiger partial charge in [-0.2, -0.15) is 0 Å². The second-order valence-electron chi connectivity index (χ2n) is 7.03. The molecule has 162 valence electrons. The van der Waals surface area contributed by atoms with E-state index in [4.69, 9.17) is 11.6 Å². The van der Waals surface area contributed by atoms with Gasteiger partial charge in [0.25, 0.3) is 11.8 Å². The number of hydrogen-bond acceptors (Lipinski definition) is 4. The number of carbonyl (C=O) groups excluding carboxylic acids is 2. The van der Waals surface area contributed by atoms with Gasteiger partial charge in [-0.05, 0) is 43.2 Å². The summed E-state index contributed by atoms with van der Waals surface area (Å²) < 4.78 is 2.44. The fraction of sp³-hybridized carbons (Fsp3) is 0.273. The molecule has 7 nitrogen and oxygen atoms in total. The van der Waals surface area contributed by atoms with E-state index in [0.717, 1.165) is 22.8 Å². The van der Waals surface area contributed by atoms with Crippen molar-refractivity contribution in [3.8, 4) is 5.88 Å². The molecular formula is C22H22BrClN4O3. The summed E-state index contributed by atoms with van der Waals surface area (Å²) in [7, 11) is 1.72. The van der Waals surface area contributed by atoms with E-state index in [9.17, 15) is 14.7 Å². The van der Waals surface area contributed by atoms with Crippen LogP contribution in [0, 0.1) is 0 Å². The van der Waals surface area contributed by atoms with Gasteiger partial charge in [0.15, 0.2) is 5.69 Å². The van der Waals surface area contributed by atoms with Crippen LogP contribution in [0.4, 0.5) is 5.69 Å². The Morgan fingerprint density at radius 2 is 1.94 bits per heavy atom. The third-order valence-corrected chi connectivity index (χ3v) is 5.66. The molecule has 1 heterocycles. The summed E-state index contributed by atoms with van der Waals surface area (Å²) in [6.45, 7) is 0.499. The molecule has 1 aromatic heterocycles. The summed E-state index contributed by atoms with van der Waals surface area (Å²) >= 11 is 9.40. The summed E-state index contributed by atoms with van der Waals surface area (Å²) in [5, 5.41) is 22.0. The van der Waals surface area contributed by atoms with E-state index in [-0.39, 0.29) is 29.8 Å². The second kappa shape index (κ2) is 10.5. The number of rotatable bonds is 8. The molecule has 0 aliphatic carbocycles. The molecule has 0 aliphatic rings. The predicted octanol–water partition coefficient (Wildman–Crippen LogP) is 5.90. The first-order chi connectivity index (χ1) is 14.9. The van der Waals surface area contributed by atoms with Crippen LogP contribution in [0.1, 0.15) is 36.0 Å². The highest BCUT2D eigenvalue weighted by Crippen LogP contribution is 2.39. The van der Waals surface area contributed by atoms with Gasteiger partial charge < -0.3 is 15.0 Å². The maximum Gasteiger partial charge on any atom is 0.264 e. The number of benzene rings is 2. The van der Waals surface area contributed by atoms with E-state index < -0.39 is 0 Å². The summed E-state index contributed by atoms with van der Waals surface area (Å²) in [6, 6.07) is 12.4.